The van der Waals surface area contributed by atoms with Crippen LogP contribution in [0.2, 0.25) is 0 Å². The van der Waals surface area contributed by atoms with Gasteiger partial charge in [0.05, 0.1) is 6.10 Å². The molecule has 0 amide bonds. The first-order valence-electron chi connectivity index (χ1n) is 13.8. The molecule has 1 aromatic rings. The van der Waals surface area contributed by atoms with Gasteiger partial charge >= 0.3 is 0 Å². The Morgan fingerprint density at radius 2 is 1.88 bits per heavy atom. The average molecular weight is 448 g/mol. The van der Waals surface area contributed by atoms with E-state index < -0.39 is 0 Å². The van der Waals surface area contributed by atoms with E-state index in [0.717, 1.165) is 31.4 Å². The van der Waals surface area contributed by atoms with E-state index in [1.54, 1.807) is 0 Å². The number of fused-ring (bicyclic) bond motifs is 1. The Morgan fingerprint density at radius 3 is 2.67 bits per heavy atom. The van der Waals surface area contributed by atoms with Gasteiger partial charge in [-0.25, -0.2) is 0 Å². The number of hydrogen-bond donors (Lipinski definition) is 2. The molecular weight excluding hydrogens is 402 g/mol. The first-order chi connectivity index (χ1) is 16.0. The SMILES string of the molecule is CCCCNC1CC2CCC[C@H](O)[C@]2(C)C(C)/C1=C\c1ccccc1C#CC1CCCCC1. The van der Waals surface area contributed by atoms with Crippen molar-refractivity contribution in [1.82, 2.24) is 5.32 Å². The Kier molecular flexibility index (Phi) is 8.37. The highest BCUT2D eigenvalue weighted by atomic mass is 16.3. The first-order valence-corrected chi connectivity index (χ1v) is 13.8. The van der Waals surface area contributed by atoms with Crippen LogP contribution in [-0.4, -0.2) is 23.8 Å². The summed E-state index contributed by atoms with van der Waals surface area (Å²) < 4.78 is 0. The Bertz CT molecular complexity index is 870. The van der Waals surface area contributed by atoms with Gasteiger partial charge in [-0.05, 0) is 74.1 Å². The van der Waals surface area contributed by atoms with Crippen LogP contribution in [0, 0.1) is 35.0 Å². The second-order valence-corrected chi connectivity index (χ2v) is 11.2. The molecule has 0 heterocycles. The highest BCUT2D eigenvalue weighted by molar-refractivity contribution is 5.63. The molecule has 4 rings (SSSR count). The molecule has 0 aliphatic heterocycles. The minimum absolute atomic E-state index is 0.0320. The van der Waals surface area contributed by atoms with Gasteiger partial charge in [-0.15, -0.1) is 0 Å². The topological polar surface area (TPSA) is 32.3 Å². The third kappa shape index (κ3) is 5.41. The third-order valence-electron chi connectivity index (χ3n) is 9.20. The number of unbranched alkanes of at least 4 members (excludes halogenated alkanes) is 1. The molecule has 2 nitrogen and oxygen atoms in total. The van der Waals surface area contributed by atoms with Gasteiger partial charge in [-0.2, -0.15) is 0 Å². The van der Waals surface area contributed by atoms with E-state index in [-0.39, 0.29) is 11.5 Å². The molecular formula is C31H45NO. The molecule has 2 heteroatoms. The maximum atomic E-state index is 11.1. The number of hydrogen-bond acceptors (Lipinski definition) is 2. The molecule has 0 spiro atoms. The molecule has 1 aromatic carbocycles. The van der Waals surface area contributed by atoms with Gasteiger partial charge in [-0.1, -0.05) is 89.0 Å². The van der Waals surface area contributed by atoms with Gasteiger partial charge < -0.3 is 10.4 Å². The van der Waals surface area contributed by atoms with E-state index in [4.69, 9.17) is 0 Å². The molecule has 3 fully saturated rings. The van der Waals surface area contributed by atoms with Crippen LogP contribution in [0.3, 0.4) is 0 Å². The van der Waals surface area contributed by atoms with E-state index in [9.17, 15) is 5.11 Å². The Balaban J connectivity index is 1.66. The Morgan fingerprint density at radius 1 is 1.09 bits per heavy atom. The molecule has 0 bridgehead atoms. The fraction of sp³-hybridized carbons (Fsp3) is 0.677. The Hall–Kier alpha value is -1.56. The minimum Gasteiger partial charge on any atom is -0.393 e. The van der Waals surface area contributed by atoms with Gasteiger partial charge in [0, 0.05) is 22.9 Å². The van der Waals surface area contributed by atoms with Crippen LogP contribution in [0.5, 0.6) is 0 Å². The first kappa shape index (κ1) is 24.6. The highest BCUT2D eigenvalue weighted by Crippen LogP contribution is 2.55. The summed E-state index contributed by atoms with van der Waals surface area (Å²) >= 11 is 0. The molecule has 180 valence electrons. The summed E-state index contributed by atoms with van der Waals surface area (Å²) in [4.78, 5) is 0. The van der Waals surface area contributed by atoms with E-state index in [0.29, 0.717) is 23.8 Å². The zero-order valence-corrected chi connectivity index (χ0v) is 21.2. The standard InChI is InChI=1S/C31H45NO/c1-4-5-20-32-29-22-27-16-11-17-30(33)31(27,3)23(2)28(29)21-26-15-10-9-14-25(26)19-18-24-12-7-6-8-13-24/h9-10,14-15,21,23-24,27,29-30,32-33H,4-8,11-13,16-17,20,22H2,1-3H3/b28-21+/t23?,27?,29?,30-,31+/m0/s1. The molecule has 2 N–H and O–H groups in total. The number of nitrogens with one attached hydrogen (secondary N) is 1. The van der Waals surface area contributed by atoms with Crippen LogP contribution in [0.15, 0.2) is 29.8 Å². The summed E-state index contributed by atoms with van der Waals surface area (Å²) in [7, 11) is 0. The van der Waals surface area contributed by atoms with Crippen molar-refractivity contribution in [2.24, 2.45) is 23.2 Å². The van der Waals surface area contributed by atoms with E-state index >= 15 is 0 Å². The lowest BCUT2D eigenvalue weighted by molar-refractivity contribution is -0.0859. The van der Waals surface area contributed by atoms with Crippen LogP contribution in [0.1, 0.15) is 103 Å². The summed E-state index contributed by atoms with van der Waals surface area (Å²) in [5, 5.41) is 15.0. The Labute approximate surface area is 202 Å². The molecule has 33 heavy (non-hydrogen) atoms. The summed E-state index contributed by atoms with van der Waals surface area (Å²) in [5.74, 6) is 8.68. The molecule has 3 unspecified atom stereocenters. The van der Waals surface area contributed by atoms with Crippen molar-refractivity contribution in [2.45, 2.75) is 104 Å². The highest BCUT2D eigenvalue weighted by Gasteiger charge is 2.52. The zero-order chi connectivity index (χ0) is 23.3. The van der Waals surface area contributed by atoms with Crippen molar-refractivity contribution in [3.63, 3.8) is 0 Å². The molecule has 3 aliphatic carbocycles. The quantitative estimate of drug-likeness (QED) is 0.377. The molecule has 3 saturated carbocycles. The van der Waals surface area contributed by atoms with Crippen molar-refractivity contribution in [3.05, 3.63) is 41.0 Å². The minimum atomic E-state index is -0.201. The third-order valence-corrected chi connectivity index (χ3v) is 9.20. The lowest BCUT2D eigenvalue weighted by atomic mass is 9.52. The molecule has 0 aromatic heterocycles. The second-order valence-electron chi connectivity index (χ2n) is 11.2. The monoisotopic (exact) mass is 447 g/mol. The number of benzene rings is 1. The maximum absolute atomic E-state index is 11.1. The summed E-state index contributed by atoms with van der Waals surface area (Å²) in [6.07, 6.45) is 15.7. The van der Waals surface area contributed by atoms with Gasteiger partial charge in [0.1, 0.15) is 0 Å². The van der Waals surface area contributed by atoms with E-state index in [2.05, 4.69) is 68.3 Å². The number of rotatable bonds is 5. The van der Waals surface area contributed by atoms with Crippen LogP contribution >= 0.6 is 0 Å². The van der Waals surface area contributed by atoms with Crippen molar-refractivity contribution < 1.29 is 5.11 Å². The lowest BCUT2D eigenvalue weighted by Crippen LogP contribution is -2.55. The summed E-state index contributed by atoms with van der Waals surface area (Å²) in [6.45, 7) is 8.06. The van der Waals surface area contributed by atoms with Crippen molar-refractivity contribution in [1.29, 1.82) is 0 Å². The van der Waals surface area contributed by atoms with Crippen LogP contribution in [0.25, 0.3) is 6.08 Å². The van der Waals surface area contributed by atoms with Crippen molar-refractivity contribution in [2.75, 3.05) is 6.54 Å². The maximum Gasteiger partial charge on any atom is 0.0602 e. The van der Waals surface area contributed by atoms with E-state index in [1.807, 2.05) is 0 Å². The second kappa shape index (κ2) is 11.2. The normalized spacial score (nSPS) is 33.9. The largest absolute Gasteiger partial charge is 0.393 e. The number of aliphatic hydroxyl groups excluding tert-OH is 1. The van der Waals surface area contributed by atoms with Crippen molar-refractivity contribution >= 4 is 6.08 Å². The van der Waals surface area contributed by atoms with E-state index in [1.165, 1.54) is 62.5 Å². The van der Waals surface area contributed by atoms with Crippen LogP contribution in [-0.2, 0) is 0 Å². The summed E-state index contributed by atoms with van der Waals surface area (Å²) in [5.41, 5.74) is 3.84. The predicted molar refractivity (Wildman–Crippen MR) is 140 cm³/mol. The van der Waals surface area contributed by atoms with Crippen molar-refractivity contribution in [3.8, 4) is 11.8 Å². The van der Waals surface area contributed by atoms with Gasteiger partial charge in [-0.3, -0.25) is 0 Å². The average Bonchev–Trinajstić information content (AvgIpc) is 2.83. The predicted octanol–water partition coefficient (Wildman–Crippen LogP) is 6.97. The van der Waals surface area contributed by atoms with Gasteiger partial charge in [0.15, 0.2) is 0 Å². The zero-order valence-electron chi connectivity index (χ0n) is 21.2. The smallest absolute Gasteiger partial charge is 0.0602 e. The fourth-order valence-corrected chi connectivity index (χ4v) is 6.77. The van der Waals surface area contributed by atoms with Gasteiger partial charge in [0.25, 0.3) is 0 Å². The summed E-state index contributed by atoms with van der Waals surface area (Å²) in [6, 6.07) is 9.09. The van der Waals surface area contributed by atoms with Crippen LogP contribution in [0.4, 0.5) is 0 Å². The number of aliphatic hydroxyl groups is 1. The molecule has 3 aliphatic rings. The fourth-order valence-electron chi connectivity index (χ4n) is 6.77. The molecule has 5 atom stereocenters. The molecule has 0 radical (unpaired) electrons. The van der Waals surface area contributed by atoms with Crippen LogP contribution < -0.4 is 5.32 Å². The molecule has 0 saturated heterocycles. The lowest BCUT2D eigenvalue weighted by Gasteiger charge is -2.55. The van der Waals surface area contributed by atoms with Gasteiger partial charge in [0.2, 0.25) is 0 Å².